The standard InChI is InChI=1S/C17H20FNO3/c1-10-2-3-12(17(21)22)9-19(10)16(20)15-8-14(15)11-4-6-13(18)7-5-11/h4-7,10,12,14-15H,2-3,8-9H2,1H3,(H,21,22). The molecule has 1 aromatic carbocycles. The molecule has 0 spiro atoms. The zero-order valence-electron chi connectivity index (χ0n) is 12.5. The van der Waals surface area contributed by atoms with Gasteiger partial charge in [0.2, 0.25) is 5.91 Å². The van der Waals surface area contributed by atoms with E-state index in [1.807, 2.05) is 6.92 Å². The van der Waals surface area contributed by atoms with Crippen molar-refractivity contribution in [2.24, 2.45) is 11.8 Å². The average Bonchev–Trinajstić information content (AvgIpc) is 3.28. The summed E-state index contributed by atoms with van der Waals surface area (Å²) in [6.45, 7) is 2.28. The van der Waals surface area contributed by atoms with Gasteiger partial charge in [0, 0.05) is 18.5 Å². The summed E-state index contributed by atoms with van der Waals surface area (Å²) in [5, 5.41) is 9.16. The third kappa shape index (κ3) is 2.85. The van der Waals surface area contributed by atoms with Crippen molar-refractivity contribution in [2.45, 2.75) is 38.1 Å². The quantitative estimate of drug-likeness (QED) is 0.934. The molecule has 22 heavy (non-hydrogen) atoms. The number of amides is 1. The molecule has 2 aliphatic rings. The van der Waals surface area contributed by atoms with Gasteiger partial charge in [0.1, 0.15) is 5.82 Å². The first-order chi connectivity index (χ1) is 10.5. The van der Waals surface area contributed by atoms with E-state index in [-0.39, 0.29) is 29.6 Å². The monoisotopic (exact) mass is 305 g/mol. The molecule has 0 radical (unpaired) electrons. The van der Waals surface area contributed by atoms with Crippen LogP contribution in [0.25, 0.3) is 0 Å². The van der Waals surface area contributed by atoms with Crippen molar-refractivity contribution < 1.29 is 19.1 Å². The number of nitrogens with zero attached hydrogens (tertiary/aromatic N) is 1. The SMILES string of the molecule is CC1CCC(C(=O)O)CN1C(=O)C1CC1c1ccc(F)cc1. The smallest absolute Gasteiger partial charge is 0.308 e. The van der Waals surface area contributed by atoms with Crippen LogP contribution in [0.15, 0.2) is 24.3 Å². The van der Waals surface area contributed by atoms with Crippen molar-refractivity contribution in [3.63, 3.8) is 0 Å². The van der Waals surface area contributed by atoms with Crippen LogP contribution < -0.4 is 0 Å². The van der Waals surface area contributed by atoms with Gasteiger partial charge in [0.15, 0.2) is 0 Å². The highest BCUT2D eigenvalue weighted by Crippen LogP contribution is 2.49. The topological polar surface area (TPSA) is 57.6 Å². The van der Waals surface area contributed by atoms with E-state index in [0.717, 1.165) is 18.4 Å². The first-order valence-electron chi connectivity index (χ1n) is 7.76. The predicted molar refractivity (Wildman–Crippen MR) is 78.8 cm³/mol. The highest BCUT2D eigenvalue weighted by atomic mass is 19.1. The van der Waals surface area contributed by atoms with Gasteiger partial charge in [-0.2, -0.15) is 0 Å². The summed E-state index contributed by atoms with van der Waals surface area (Å²) in [5.74, 6) is -1.45. The Morgan fingerprint density at radius 3 is 2.55 bits per heavy atom. The van der Waals surface area contributed by atoms with Gasteiger partial charge < -0.3 is 10.0 Å². The summed E-state index contributed by atoms with van der Waals surface area (Å²) in [4.78, 5) is 25.5. The minimum Gasteiger partial charge on any atom is -0.481 e. The fourth-order valence-electron chi connectivity index (χ4n) is 3.37. The maximum atomic E-state index is 13.0. The summed E-state index contributed by atoms with van der Waals surface area (Å²) < 4.78 is 13.0. The van der Waals surface area contributed by atoms with E-state index >= 15 is 0 Å². The molecule has 4 nitrogen and oxygen atoms in total. The minimum absolute atomic E-state index is 0.0489. The van der Waals surface area contributed by atoms with E-state index in [9.17, 15) is 14.0 Å². The third-order valence-electron chi connectivity index (χ3n) is 4.92. The number of hydrogen-bond donors (Lipinski definition) is 1. The van der Waals surface area contributed by atoms with Crippen LogP contribution in [-0.4, -0.2) is 34.5 Å². The largest absolute Gasteiger partial charge is 0.481 e. The highest BCUT2D eigenvalue weighted by Gasteiger charge is 2.47. The Kier molecular flexibility index (Phi) is 3.89. The van der Waals surface area contributed by atoms with Gasteiger partial charge in [0.25, 0.3) is 0 Å². The second-order valence-corrected chi connectivity index (χ2v) is 6.45. The second-order valence-electron chi connectivity index (χ2n) is 6.45. The maximum Gasteiger partial charge on any atom is 0.308 e. The van der Waals surface area contributed by atoms with Crippen molar-refractivity contribution in [1.29, 1.82) is 0 Å². The molecule has 1 heterocycles. The normalized spacial score (nSPS) is 30.9. The van der Waals surface area contributed by atoms with Gasteiger partial charge in [-0.3, -0.25) is 9.59 Å². The number of benzene rings is 1. The first kappa shape index (κ1) is 15.0. The molecular weight excluding hydrogens is 285 g/mol. The van der Waals surface area contributed by atoms with Crippen LogP contribution in [0.1, 0.15) is 37.7 Å². The summed E-state index contributed by atoms with van der Waals surface area (Å²) in [5.41, 5.74) is 0.985. The Hall–Kier alpha value is -1.91. The van der Waals surface area contributed by atoms with Crippen LogP contribution in [0, 0.1) is 17.7 Å². The van der Waals surface area contributed by atoms with Crippen LogP contribution in [0.5, 0.6) is 0 Å². The number of piperidine rings is 1. The zero-order valence-corrected chi connectivity index (χ0v) is 12.5. The number of carbonyl (C=O) groups is 2. The van der Waals surface area contributed by atoms with E-state index in [2.05, 4.69) is 0 Å². The fraction of sp³-hybridized carbons (Fsp3) is 0.529. The number of likely N-dealkylation sites (tertiary alicyclic amines) is 1. The Labute approximate surface area is 128 Å². The molecule has 1 aliphatic carbocycles. The molecular formula is C17H20FNO3. The number of carboxylic acid groups (broad SMARTS) is 1. The number of rotatable bonds is 3. The average molecular weight is 305 g/mol. The number of carboxylic acids is 1. The lowest BCUT2D eigenvalue weighted by molar-refractivity contribution is -0.147. The minimum atomic E-state index is -0.824. The fourth-order valence-corrected chi connectivity index (χ4v) is 3.37. The summed E-state index contributed by atoms with van der Waals surface area (Å²) in [6.07, 6.45) is 2.13. The summed E-state index contributed by atoms with van der Waals surface area (Å²) in [7, 11) is 0. The molecule has 1 amide bonds. The van der Waals surface area contributed by atoms with E-state index in [1.54, 1.807) is 17.0 Å². The molecule has 0 bridgehead atoms. The lowest BCUT2D eigenvalue weighted by Gasteiger charge is -2.36. The summed E-state index contributed by atoms with van der Waals surface area (Å²) >= 11 is 0. The number of carbonyl (C=O) groups excluding carboxylic acids is 1. The van der Waals surface area contributed by atoms with Crippen LogP contribution in [-0.2, 0) is 9.59 Å². The van der Waals surface area contributed by atoms with Crippen molar-refractivity contribution in [3.05, 3.63) is 35.6 Å². The number of aliphatic carboxylic acids is 1. The van der Waals surface area contributed by atoms with Crippen LogP contribution in [0.3, 0.4) is 0 Å². The first-order valence-corrected chi connectivity index (χ1v) is 7.76. The molecule has 4 atom stereocenters. The Balaban J connectivity index is 1.67. The van der Waals surface area contributed by atoms with Gasteiger partial charge in [-0.25, -0.2) is 4.39 Å². The molecule has 1 N–H and O–H groups in total. The number of hydrogen-bond acceptors (Lipinski definition) is 2. The Morgan fingerprint density at radius 2 is 1.91 bits per heavy atom. The van der Waals surface area contributed by atoms with Crippen molar-refractivity contribution in [1.82, 2.24) is 4.90 Å². The molecule has 0 aromatic heterocycles. The van der Waals surface area contributed by atoms with E-state index in [1.165, 1.54) is 12.1 Å². The van der Waals surface area contributed by atoms with Gasteiger partial charge in [-0.15, -0.1) is 0 Å². The molecule has 118 valence electrons. The third-order valence-corrected chi connectivity index (χ3v) is 4.92. The Bertz CT molecular complexity index is 586. The molecule has 4 unspecified atom stereocenters. The molecule has 1 saturated heterocycles. The maximum absolute atomic E-state index is 13.0. The van der Waals surface area contributed by atoms with E-state index < -0.39 is 11.9 Å². The van der Waals surface area contributed by atoms with Crippen LogP contribution >= 0.6 is 0 Å². The molecule has 1 saturated carbocycles. The van der Waals surface area contributed by atoms with Gasteiger partial charge in [-0.1, -0.05) is 12.1 Å². The second kappa shape index (κ2) is 5.71. The lowest BCUT2D eigenvalue weighted by Crippen LogP contribution is -2.48. The van der Waals surface area contributed by atoms with Crippen molar-refractivity contribution in [3.8, 4) is 0 Å². The van der Waals surface area contributed by atoms with Gasteiger partial charge >= 0.3 is 5.97 Å². The Morgan fingerprint density at radius 1 is 1.23 bits per heavy atom. The molecule has 5 heteroatoms. The van der Waals surface area contributed by atoms with Gasteiger partial charge in [-0.05, 0) is 49.8 Å². The van der Waals surface area contributed by atoms with Crippen LogP contribution in [0.2, 0.25) is 0 Å². The van der Waals surface area contributed by atoms with E-state index in [0.29, 0.717) is 13.0 Å². The van der Waals surface area contributed by atoms with Gasteiger partial charge in [0.05, 0.1) is 5.92 Å². The van der Waals surface area contributed by atoms with E-state index in [4.69, 9.17) is 5.11 Å². The summed E-state index contributed by atoms with van der Waals surface area (Å²) in [6, 6.07) is 6.38. The zero-order chi connectivity index (χ0) is 15.9. The highest BCUT2D eigenvalue weighted by molar-refractivity contribution is 5.84. The number of halogens is 1. The molecule has 1 aromatic rings. The predicted octanol–water partition coefficient (Wildman–Crippen LogP) is 2.64. The molecule has 3 rings (SSSR count). The van der Waals surface area contributed by atoms with Crippen LogP contribution in [0.4, 0.5) is 4.39 Å². The molecule has 2 fully saturated rings. The van der Waals surface area contributed by atoms with Crippen molar-refractivity contribution in [2.75, 3.05) is 6.54 Å². The molecule has 1 aliphatic heterocycles. The van der Waals surface area contributed by atoms with Crippen molar-refractivity contribution >= 4 is 11.9 Å². The lowest BCUT2D eigenvalue weighted by atomic mass is 9.93.